The Morgan fingerprint density at radius 1 is 0.783 bits per heavy atom. The molecule has 0 aromatic heterocycles. The van der Waals surface area contributed by atoms with Crippen LogP contribution in [0.2, 0.25) is 0 Å². The molecule has 1 nitrogen and oxygen atoms in total. The van der Waals surface area contributed by atoms with Gasteiger partial charge in [-0.25, -0.2) is 0 Å². The summed E-state index contributed by atoms with van der Waals surface area (Å²) in [6, 6.07) is 6.48. The molecular formula is C22H36O. The van der Waals surface area contributed by atoms with E-state index in [0.717, 1.165) is 18.4 Å². The van der Waals surface area contributed by atoms with Crippen LogP contribution >= 0.6 is 0 Å². The van der Waals surface area contributed by atoms with Gasteiger partial charge < -0.3 is 0 Å². The van der Waals surface area contributed by atoms with E-state index in [1.807, 2.05) is 0 Å². The fourth-order valence-electron chi connectivity index (χ4n) is 2.94. The SMILES string of the molecule is CC(C)(C)CC(=O)c1ccc(CC(C)(C)C)cc1CC(C)(C)C. The molecule has 0 spiro atoms. The van der Waals surface area contributed by atoms with Crippen LogP contribution in [0.25, 0.3) is 0 Å². The summed E-state index contributed by atoms with van der Waals surface area (Å²) in [4.78, 5) is 12.8. The first kappa shape index (κ1) is 19.9. The van der Waals surface area contributed by atoms with Crippen LogP contribution in [0.15, 0.2) is 18.2 Å². The second kappa shape index (κ2) is 6.79. The molecular weight excluding hydrogens is 280 g/mol. The molecule has 0 saturated heterocycles. The molecule has 130 valence electrons. The molecule has 0 fully saturated rings. The third-order valence-electron chi connectivity index (χ3n) is 3.62. The molecule has 1 rings (SSSR count). The minimum absolute atomic E-state index is 0.0279. The third kappa shape index (κ3) is 7.81. The van der Waals surface area contributed by atoms with Crippen molar-refractivity contribution in [3.63, 3.8) is 0 Å². The van der Waals surface area contributed by atoms with Gasteiger partial charge in [0, 0.05) is 12.0 Å². The van der Waals surface area contributed by atoms with Gasteiger partial charge in [0.25, 0.3) is 0 Å². The molecule has 1 aromatic carbocycles. The van der Waals surface area contributed by atoms with Crippen LogP contribution in [0.1, 0.15) is 90.2 Å². The van der Waals surface area contributed by atoms with Gasteiger partial charge in [0.1, 0.15) is 0 Å². The van der Waals surface area contributed by atoms with E-state index in [0.29, 0.717) is 6.42 Å². The molecule has 0 saturated carbocycles. The summed E-state index contributed by atoms with van der Waals surface area (Å²) in [5.74, 6) is 0.277. The van der Waals surface area contributed by atoms with Crippen molar-refractivity contribution in [2.45, 2.75) is 81.6 Å². The number of Topliss-reactive ketones (excluding diaryl/α,β-unsaturated/α-hetero) is 1. The molecule has 0 aliphatic rings. The topological polar surface area (TPSA) is 17.1 Å². The molecule has 0 unspecified atom stereocenters. The summed E-state index contributed by atoms with van der Waals surface area (Å²) in [7, 11) is 0. The highest BCUT2D eigenvalue weighted by Crippen LogP contribution is 2.29. The minimum Gasteiger partial charge on any atom is -0.294 e. The van der Waals surface area contributed by atoms with E-state index in [2.05, 4.69) is 80.5 Å². The van der Waals surface area contributed by atoms with Crippen LogP contribution < -0.4 is 0 Å². The smallest absolute Gasteiger partial charge is 0.163 e. The number of benzene rings is 1. The first-order valence-corrected chi connectivity index (χ1v) is 8.81. The normalized spacial score (nSPS) is 13.3. The summed E-state index contributed by atoms with van der Waals surface area (Å²) in [5, 5.41) is 0. The maximum absolute atomic E-state index is 12.8. The van der Waals surface area contributed by atoms with Crippen molar-refractivity contribution in [3.8, 4) is 0 Å². The van der Waals surface area contributed by atoms with Crippen LogP contribution in [0, 0.1) is 16.2 Å². The first-order chi connectivity index (χ1) is 10.2. The maximum atomic E-state index is 12.8. The van der Waals surface area contributed by atoms with Gasteiger partial charge in [-0.1, -0.05) is 80.5 Å². The fraction of sp³-hybridized carbons (Fsp3) is 0.682. The molecule has 0 N–H and O–H groups in total. The highest BCUT2D eigenvalue weighted by Gasteiger charge is 2.23. The number of carbonyl (C=O) groups is 1. The standard InChI is InChI=1S/C22H36O/c1-20(2,3)13-16-10-11-18(19(23)15-22(7,8)9)17(12-16)14-21(4,5)6/h10-12H,13-15H2,1-9H3. The van der Waals surface area contributed by atoms with E-state index in [1.54, 1.807) is 0 Å². The minimum atomic E-state index is 0.0279. The van der Waals surface area contributed by atoms with E-state index in [4.69, 9.17) is 0 Å². The van der Waals surface area contributed by atoms with Crippen molar-refractivity contribution in [3.05, 3.63) is 34.9 Å². The number of hydrogen-bond acceptors (Lipinski definition) is 1. The second-order valence-corrected chi connectivity index (χ2v) is 10.6. The monoisotopic (exact) mass is 316 g/mol. The Morgan fingerprint density at radius 3 is 1.74 bits per heavy atom. The molecule has 0 atom stereocenters. The van der Waals surface area contributed by atoms with Gasteiger partial charge in [0.05, 0.1) is 0 Å². The summed E-state index contributed by atoms with van der Waals surface area (Å²) >= 11 is 0. The quantitative estimate of drug-likeness (QED) is 0.581. The molecule has 23 heavy (non-hydrogen) atoms. The predicted octanol–water partition coefficient (Wildman–Crippen LogP) is 6.48. The first-order valence-electron chi connectivity index (χ1n) is 8.81. The van der Waals surface area contributed by atoms with Gasteiger partial charge in [-0.05, 0) is 40.2 Å². The highest BCUT2D eigenvalue weighted by atomic mass is 16.1. The van der Waals surface area contributed by atoms with E-state index in [9.17, 15) is 4.79 Å². The predicted molar refractivity (Wildman–Crippen MR) is 101 cm³/mol. The summed E-state index contributed by atoms with van der Waals surface area (Å²) in [6.45, 7) is 19.9. The van der Waals surface area contributed by atoms with Crippen molar-refractivity contribution in [2.75, 3.05) is 0 Å². The number of carbonyl (C=O) groups excluding carboxylic acids is 1. The zero-order chi connectivity index (χ0) is 18.1. The Hall–Kier alpha value is -1.11. The summed E-state index contributed by atoms with van der Waals surface area (Å²) in [5.41, 5.74) is 3.94. The van der Waals surface area contributed by atoms with E-state index < -0.39 is 0 Å². The van der Waals surface area contributed by atoms with Gasteiger partial charge in [0.2, 0.25) is 0 Å². The Balaban J connectivity index is 3.21. The lowest BCUT2D eigenvalue weighted by molar-refractivity contribution is 0.0938. The van der Waals surface area contributed by atoms with E-state index >= 15 is 0 Å². The zero-order valence-electron chi connectivity index (χ0n) is 16.8. The Bertz CT molecular complexity index is 545. The molecule has 0 heterocycles. The van der Waals surface area contributed by atoms with E-state index in [-0.39, 0.29) is 22.0 Å². The summed E-state index contributed by atoms with van der Waals surface area (Å²) < 4.78 is 0. The van der Waals surface area contributed by atoms with Crippen LogP contribution in [0.4, 0.5) is 0 Å². The molecule has 0 radical (unpaired) electrons. The number of hydrogen-bond donors (Lipinski definition) is 0. The number of ketones is 1. The molecule has 0 aliphatic carbocycles. The van der Waals surface area contributed by atoms with Crippen molar-refractivity contribution in [2.24, 2.45) is 16.2 Å². The second-order valence-electron chi connectivity index (χ2n) is 10.6. The van der Waals surface area contributed by atoms with Crippen molar-refractivity contribution in [1.82, 2.24) is 0 Å². The molecule has 1 aromatic rings. The van der Waals surface area contributed by atoms with Gasteiger partial charge in [-0.15, -0.1) is 0 Å². The third-order valence-corrected chi connectivity index (χ3v) is 3.62. The van der Waals surface area contributed by atoms with Gasteiger partial charge in [-0.2, -0.15) is 0 Å². The molecule has 0 bridgehead atoms. The van der Waals surface area contributed by atoms with Crippen LogP contribution in [0.3, 0.4) is 0 Å². The fourth-order valence-corrected chi connectivity index (χ4v) is 2.94. The van der Waals surface area contributed by atoms with E-state index in [1.165, 1.54) is 11.1 Å². The number of rotatable bonds is 4. The lowest BCUT2D eigenvalue weighted by Gasteiger charge is -2.24. The maximum Gasteiger partial charge on any atom is 0.163 e. The van der Waals surface area contributed by atoms with Gasteiger partial charge >= 0.3 is 0 Å². The zero-order valence-corrected chi connectivity index (χ0v) is 16.8. The summed E-state index contributed by atoms with van der Waals surface area (Å²) in [6.07, 6.45) is 2.58. The van der Waals surface area contributed by atoms with Crippen LogP contribution in [0.5, 0.6) is 0 Å². The van der Waals surface area contributed by atoms with Crippen molar-refractivity contribution in [1.29, 1.82) is 0 Å². The molecule has 0 aliphatic heterocycles. The van der Waals surface area contributed by atoms with Gasteiger partial charge in [-0.3, -0.25) is 4.79 Å². The lowest BCUT2D eigenvalue weighted by atomic mass is 9.80. The molecule has 0 amide bonds. The Labute approximate surface area is 143 Å². The lowest BCUT2D eigenvalue weighted by Crippen LogP contribution is -2.18. The molecule has 1 heteroatoms. The van der Waals surface area contributed by atoms with Crippen LogP contribution in [-0.2, 0) is 12.8 Å². The highest BCUT2D eigenvalue weighted by molar-refractivity contribution is 5.98. The largest absolute Gasteiger partial charge is 0.294 e. The van der Waals surface area contributed by atoms with Crippen molar-refractivity contribution < 1.29 is 4.79 Å². The Morgan fingerprint density at radius 2 is 1.30 bits per heavy atom. The van der Waals surface area contributed by atoms with Crippen molar-refractivity contribution >= 4 is 5.78 Å². The average molecular weight is 317 g/mol. The van der Waals surface area contributed by atoms with Gasteiger partial charge in [0.15, 0.2) is 5.78 Å². The average Bonchev–Trinajstić information content (AvgIpc) is 2.21. The Kier molecular flexibility index (Phi) is 5.88. The van der Waals surface area contributed by atoms with Crippen LogP contribution in [-0.4, -0.2) is 5.78 Å².